The maximum atomic E-state index is 12.8. The van der Waals surface area contributed by atoms with Gasteiger partial charge in [0.05, 0.1) is 14.2 Å². The second-order valence-corrected chi connectivity index (χ2v) is 9.34. The van der Waals surface area contributed by atoms with Gasteiger partial charge in [-0.3, -0.25) is 0 Å². The molecular formula is C18H24N2O4S2. The predicted octanol–water partition coefficient (Wildman–Crippen LogP) is 2.84. The predicted molar refractivity (Wildman–Crippen MR) is 104 cm³/mol. The van der Waals surface area contributed by atoms with Gasteiger partial charge in [0.2, 0.25) is 0 Å². The average Bonchev–Trinajstić information content (AvgIpc) is 3.17. The fraction of sp³-hybridized carbons (Fsp3) is 0.444. The van der Waals surface area contributed by atoms with Crippen LogP contribution in [0.4, 0.5) is 5.69 Å². The van der Waals surface area contributed by atoms with Crippen molar-refractivity contribution >= 4 is 27.0 Å². The Bertz CT molecular complexity index is 856. The van der Waals surface area contributed by atoms with E-state index in [0.717, 1.165) is 17.0 Å². The van der Waals surface area contributed by atoms with Crippen LogP contribution in [0.25, 0.3) is 0 Å². The topological polar surface area (TPSA) is 59.1 Å². The van der Waals surface area contributed by atoms with E-state index in [9.17, 15) is 8.42 Å². The highest BCUT2D eigenvalue weighted by molar-refractivity contribution is 7.91. The van der Waals surface area contributed by atoms with E-state index in [-0.39, 0.29) is 0 Å². The summed E-state index contributed by atoms with van der Waals surface area (Å²) in [6.45, 7) is 4.25. The normalized spacial score (nSPS) is 15.9. The van der Waals surface area contributed by atoms with E-state index >= 15 is 0 Å². The van der Waals surface area contributed by atoms with Gasteiger partial charge in [-0.2, -0.15) is 4.31 Å². The molecule has 0 atom stereocenters. The van der Waals surface area contributed by atoms with Crippen molar-refractivity contribution in [3.63, 3.8) is 0 Å². The summed E-state index contributed by atoms with van der Waals surface area (Å²) in [5, 5.41) is 0. The van der Waals surface area contributed by atoms with Crippen LogP contribution in [0.15, 0.2) is 34.5 Å². The number of anilines is 1. The van der Waals surface area contributed by atoms with Gasteiger partial charge < -0.3 is 14.4 Å². The maximum absolute atomic E-state index is 12.8. The molecule has 0 spiro atoms. The van der Waals surface area contributed by atoms with Crippen molar-refractivity contribution in [2.45, 2.75) is 17.6 Å². The lowest BCUT2D eigenvalue weighted by Gasteiger charge is -2.35. The van der Waals surface area contributed by atoms with Crippen molar-refractivity contribution < 1.29 is 17.9 Å². The van der Waals surface area contributed by atoms with Gasteiger partial charge in [-0.25, -0.2) is 8.42 Å². The number of ether oxygens (including phenoxy) is 2. The molecule has 0 bridgehead atoms. The van der Waals surface area contributed by atoms with Crippen molar-refractivity contribution in [1.82, 2.24) is 4.31 Å². The Labute approximate surface area is 159 Å². The SMILES string of the molecule is CCc1ccc(S(=O)(=O)N2CCN(c3ccc(OC)c(OC)c3)CC2)s1. The second-order valence-electron chi connectivity index (χ2n) is 6.00. The number of methoxy groups -OCH3 is 2. The fourth-order valence-electron chi connectivity index (χ4n) is 3.02. The van der Waals surface area contributed by atoms with Crippen LogP contribution >= 0.6 is 11.3 Å². The number of nitrogens with zero attached hydrogens (tertiary/aromatic N) is 2. The first-order valence-electron chi connectivity index (χ1n) is 8.55. The van der Waals surface area contributed by atoms with E-state index in [1.54, 1.807) is 24.6 Å². The molecule has 1 aliphatic rings. The largest absolute Gasteiger partial charge is 0.493 e. The van der Waals surface area contributed by atoms with Crippen molar-refractivity contribution in [2.24, 2.45) is 0 Å². The van der Waals surface area contributed by atoms with Gasteiger partial charge in [0.15, 0.2) is 11.5 Å². The molecule has 1 aromatic heterocycles. The summed E-state index contributed by atoms with van der Waals surface area (Å²) >= 11 is 1.37. The molecule has 1 aromatic carbocycles. The third-order valence-corrected chi connectivity index (χ3v) is 8.15. The number of rotatable bonds is 6. The van der Waals surface area contributed by atoms with E-state index in [4.69, 9.17) is 9.47 Å². The minimum Gasteiger partial charge on any atom is -0.493 e. The lowest BCUT2D eigenvalue weighted by molar-refractivity contribution is 0.354. The molecule has 2 heterocycles. The molecule has 142 valence electrons. The van der Waals surface area contributed by atoms with Crippen LogP contribution in [0.3, 0.4) is 0 Å². The van der Waals surface area contributed by atoms with Gasteiger partial charge >= 0.3 is 0 Å². The minimum atomic E-state index is -3.40. The standard InChI is InChI=1S/C18H24N2O4S2/c1-4-15-6-8-18(25-15)26(21,22)20-11-9-19(10-12-20)14-5-7-16(23-2)17(13-14)24-3/h5-8,13H,4,9-12H2,1-3H3. The van der Waals surface area contributed by atoms with Crippen LogP contribution in [-0.4, -0.2) is 53.1 Å². The quantitative estimate of drug-likeness (QED) is 0.751. The number of benzene rings is 1. The lowest BCUT2D eigenvalue weighted by Crippen LogP contribution is -2.48. The van der Waals surface area contributed by atoms with Gasteiger partial charge in [-0.05, 0) is 30.7 Å². The van der Waals surface area contributed by atoms with Crippen molar-refractivity contribution in [1.29, 1.82) is 0 Å². The van der Waals surface area contributed by atoms with Crippen LogP contribution in [0.5, 0.6) is 11.5 Å². The number of sulfonamides is 1. The zero-order valence-corrected chi connectivity index (χ0v) is 16.9. The van der Waals surface area contributed by atoms with Gasteiger partial charge in [-0.1, -0.05) is 6.92 Å². The summed E-state index contributed by atoms with van der Waals surface area (Å²) in [6, 6.07) is 9.39. The van der Waals surface area contributed by atoms with Crippen LogP contribution in [0.2, 0.25) is 0 Å². The summed E-state index contributed by atoms with van der Waals surface area (Å²) in [7, 11) is -0.184. The molecule has 0 radical (unpaired) electrons. The Morgan fingerprint density at radius 3 is 2.27 bits per heavy atom. The van der Waals surface area contributed by atoms with Crippen molar-refractivity contribution in [3.8, 4) is 11.5 Å². The van der Waals surface area contributed by atoms with Crippen LogP contribution in [0.1, 0.15) is 11.8 Å². The molecule has 1 aliphatic heterocycles. The van der Waals surface area contributed by atoms with Gasteiger partial charge in [0.1, 0.15) is 4.21 Å². The first-order chi connectivity index (χ1) is 12.5. The number of thiophene rings is 1. The Kier molecular flexibility index (Phi) is 5.74. The number of piperazine rings is 1. The number of hydrogen-bond donors (Lipinski definition) is 0. The van der Waals surface area contributed by atoms with E-state index in [1.165, 1.54) is 11.3 Å². The number of aryl methyl sites for hydroxylation is 1. The van der Waals surface area contributed by atoms with Crippen molar-refractivity contribution in [3.05, 3.63) is 35.2 Å². The van der Waals surface area contributed by atoms with E-state index in [1.807, 2.05) is 31.2 Å². The summed E-state index contributed by atoms with van der Waals surface area (Å²) < 4.78 is 38.3. The highest BCUT2D eigenvalue weighted by Gasteiger charge is 2.30. The van der Waals surface area contributed by atoms with Gasteiger partial charge in [0.25, 0.3) is 10.0 Å². The van der Waals surface area contributed by atoms with Crippen LogP contribution < -0.4 is 14.4 Å². The molecule has 0 N–H and O–H groups in total. The Hall–Kier alpha value is -1.77. The molecule has 8 heteroatoms. The minimum absolute atomic E-state index is 0.439. The van der Waals surface area contributed by atoms with Gasteiger partial charge in [-0.15, -0.1) is 11.3 Å². The molecule has 0 saturated carbocycles. The van der Waals surface area contributed by atoms with E-state index in [0.29, 0.717) is 41.9 Å². The summed E-state index contributed by atoms with van der Waals surface area (Å²) in [4.78, 5) is 3.26. The maximum Gasteiger partial charge on any atom is 0.252 e. The zero-order chi connectivity index (χ0) is 18.7. The van der Waals surface area contributed by atoms with Crippen molar-refractivity contribution in [2.75, 3.05) is 45.3 Å². The van der Waals surface area contributed by atoms with Crippen LogP contribution in [0, 0.1) is 0 Å². The van der Waals surface area contributed by atoms with E-state index in [2.05, 4.69) is 4.90 Å². The first-order valence-corrected chi connectivity index (χ1v) is 10.8. The Morgan fingerprint density at radius 1 is 1.00 bits per heavy atom. The summed E-state index contributed by atoms with van der Waals surface area (Å²) in [5.41, 5.74) is 1.00. The number of hydrogen-bond acceptors (Lipinski definition) is 6. The highest BCUT2D eigenvalue weighted by atomic mass is 32.2. The molecular weight excluding hydrogens is 372 g/mol. The molecule has 0 unspecified atom stereocenters. The Morgan fingerprint density at radius 2 is 1.69 bits per heavy atom. The third kappa shape index (κ3) is 3.67. The molecule has 6 nitrogen and oxygen atoms in total. The zero-order valence-electron chi connectivity index (χ0n) is 15.3. The fourth-order valence-corrected chi connectivity index (χ4v) is 5.89. The van der Waals surface area contributed by atoms with E-state index < -0.39 is 10.0 Å². The second kappa shape index (κ2) is 7.85. The van der Waals surface area contributed by atoms with Gasteiger partial charge in [0, 0.05) is 42.8 Å². The molecule has 1 saturated heterocycles. The molecule has 0 amide bonds. The molecule has 1 fully saturated rings. The first kappa shape index (κ1) is 19.0. The molecule has 2 aromatic rings. The molecule has 3 rings (SSSR count). The summed E-state index contributed by atoms with van der Waals surface area (Å²) in [5.74, 6) is 1.35. The highest BCUT2D eigenvalue weighted by Crippen LogP contribution is 2.32. The summed E-state index contributed by atoms with van der Waals surface area (Å²) in [6.07, 6.45) is 0.854. The lowest BCUT2D eigenvalue weighted by atomic mass is 10.2. The smallest absolute Gasteiger partial charge is 0.252 e. The third-order valence-electron chi connectivity index (χ3n) is 4.55. The average molecular weight is 397 g/mol. The molecule has 26 heavy (non-hydrogen) atoms. The monoisotopic (exact) mass is 396 g/mol. The molecule has 0 aliphatic carbocycles. The Balaban J connectivity index is 1.71. The van der Waals surface area contributed by atoms with Crippen LogP contribution in [-0.2, 0) is 16.4 Å².